The summed E-state index contributed by atoms with van der Waals surface area (Å²) in [6.45, 7) is 6.37. The first-order valence-electron chi connectivity index (χ1n) is 9.77. The van der Waals surface area contributed by atoms with Crippen LogP contribution in [-0.4, -0.2) is 46.4 Å². The van der Waals surface area contributed by atoms with Crippen LogP contribution in [0.1, 0.15) is 41.0 Å². The van der Waals surface area contributed by atoms with Crippen molar-refractivity contribution in [3.63, 3.8) is 0 Å². The number of benzene rings is 1. The van der Waals surface area contributed by atoms with Crippen LogP contribution < -0.4 is 5.32 Å². The lowest BCUT2D eigenvalue weighted by Crippen LogP contribution is -2.26. The van der Waals surface area contributed by atoms with Crippen LogP contribution in [0.25, 0.3) is 16.2 Å². The molecule has 0 bridgehead atoms. The normalized spacial score (nSPS) is 14.9. The van der Waals surface area contributed by atoms with Crippen molar-refractivity contribution in [1.82, 2.24) is 19.6 Å². The van der Waals surface area contributed by atoms with Crippen molar-refractivity contribution in [2.75, 3.05) is 26.2 Å². The molecule has 1 aromatic carbocycles. The molecule has 0 aliphatic carbocycles. The number of nitrogens with one attached hydrogen (secondary N) is 1. The highest BCUT2D eigenvalue weighted by Gasteiger charge is 2.18. The van der Waals surface area contributed by atoms with Crippen LogP contribution in [0, 0.1) is 6.92 Å². The van der Waals surface area contributed by atoms with E-state index in [2.05, 4.69) is 22.3 Å². The van der Waals surface area contributed by atoms with E-state index >= 15 is 0 Å². The number of hydrogen-bond acceptors (Lipinski definition) is 4. The van der Waals surface area contributed by atoms with E-state index in [0.29, 0.717) is 0 Å². The van der Waals surface area contributed by atoms with Gasteiger partial charge in [0.25, 0.3) is 5.91 Å². The number of nitrogens with zero attached hydrogens (tertiary/aromatic N) is 3. The molecule has 1 saturated heterocycles. The number of hydrogen-bond donors (Lipinski definition) is 1. The van der Waals surface area contributed by atoms with Gasteiger partial charge in [0, 0.05) is 24.0 Å². The maximum atomic E-state index is 12.6. The molecule has 3 aromatic rings. The average Bonchev–Trinajstić information content (AvgIpc) is 3.40. The first kappa shape index (κ1) is 18.2. The Morgan fingerprint density at radius 3 is 2.70 bits per heavy atom. The highest BCUT2D eigenvalue weighted by molar-refractivity contribution is 7.19. The van der Waals surface area contributed by atoms with Gasteiger partial charge in [0.15, 0.2) is 4.96 Å². The smallest absolute Gasteiger partial charge is 0.263 e. The summed E-state index contributed by atoms with van der Waals surface area (Å²) in [5, 5.41) is 3.07. The SMILES string of the molecule is Cc1c(C(=O)NCCCCN2CCCC2)sc2nc(-c3ccccc3)cn12. The van der Waals surface area contributed by atoms with E-state index in [1.165, 1.54) is 37.3 Å². The van der Waals surface area contributed by atoms with Crippen LogP contribution in [0.3, 0.4) is 0 Å². The molecule has 4 rings (SSSR count). The molecule has 5 nitrogen and oxygen atoms in total. The molecule has 1 fully saturated rings. The van der Waals surface area contributed by atoms with Crippen molar-refractivity contribution < 1.29 is 4.79 Å². The molecule has 27 heavy (non-hydrogen) atoms. The van der Waals surface area contributed by atoms with Gasteiger partial charge in [0.05, 0.1) is 5.69 Å². The maximum Gasteiger partial charge on any atom is 0.263 e. The summed E-state index contributed by atoms with van der Waals surface area (Å²) in [7, 11) is 0. The standard InChI is InChI=1S/C21H26N4OS/c1-16-19(20(26)22-11-5-6-12-24-13-7-8-14-24)27-21-23-18(15-25(16)21)17-9-3-2-4-10-17/h2-4,9-10,15H,5-8,11-14H2,1H3,(H,22,26). The molecule has 142 valence electrons. The molecule has 0 saturated carbocycles. The van der Waals surface area contributed by atoms with E-state index in [4.69, 9.17) is 4.98 Å². The van der Waals surface area contributed by atoms with Gasteiger partial charge in [-0.05, 0) is 52.2 Å². The molecule has 2 aromatic heterocycles. The van der Waals surface area contributed by atoms with E-state index in [0.717, 1.165) is 52.7 Å². The molecule has 0 unspecified atom stereocenters. The van der Waals surface area contributed by atoms with Crippen LogP contribution >= 0.6 is 11.3 Å². The Balaban J connectivity index is 1.34. The molecule has 0 atom stereocenters. The number of aryl methyl sites for hydroxylation is 1. The Labute approximate surface area is 164 Å². The molecule has 3 heterocycles. The topological polar surface area (TPSA) is 49.6 Å². The first-order valence-corrected chi connectivity index (χ1v) is 10.6. The second-order valence-electron chi connectivity index (χ2n) is 7.17. The zero-order valence-electron chi connectivity index (χ0n) is 15.8. The van der Waals surface area contributed by atoms with Crippen molar-refractivity contribution in [1.29, 1.82) is 0 Å². The third kappa shape index (κ3) is 4.06. The molecule has 1 amide bonds. The minimum absolute atomic E-state index is 0.0189. The number of fused-ring (bicyclic) bond motifs is 1. The van der Waals surface area contributed by atoms with Gasteiger partial charge in [-0.2, -0.15) is 0 Å². The highest BCUT2D eigenvalue weighted by Crippen LogP contribution is 2.27. The Morgan fingerprint density at radius 1 is 1.19 bits per heavy atom. The number of likely N-dealkylation sites (tertiary alicyclic amines) is 1. The van der Waals surface area contributed by atoms with Gasteiger partial charge in [-0.25, -0.2) is 4.98 Å². The van der Waals surface area contributed by atoms with Crippen LogP contribution in [-0.2, 0) is 0 Å². The molecule has 0 spiro atoms. The summed E-state index contributed by atoms with van der Waals surface area (Å²) in [6, 6.07) is 10.1. The number of unbranched alkanes of at least 4 members (excludes halogenated alkanes) is 1. The molecule has 6 heteroatoms. The molecule has 0 radical (unpaired) electrons. The third-order valence-corrected chi connectivity index (χ3v) is 6.37. The van der Waals surface area contributed by atoms with Crippen molar-refractivity contribution in [3.8, 4) is 11.3 Å². The predicted octanol–water partition coefficient (Wildman–Crippen LogP) is 3.98. The van der Waals surface area contributed by atoms with Crippen LogP contribution in [0.2, 0.25) is 0 Å². The summed E-state index contributed by atoms with van der Waals surface area (Å²) in [4.78, 5) is 21.4. The summed E-state index contributed by atoms with van der Waals surface area (Å²) in [6.07, 6.45) is 6.86. The fraction of sp³-hybridized carbons (Fsp3) is 0.429. The van der Waals surface area contributed by atoms with Gasteiger partial charge in [-0.3, -0.25) is 9.20 Å². The second kappa shape index (κ2) is 8.23. The number of carbonyl (C=O) groups is 1. The van der Waals surface area contributed by atoms with E-state index in [-0.39, 0.29) is 5.91 Å². The number of amides is 1. The van der Waals surface area contributed by atoms with E-state index in [9.17, 15) is 4.79 Å². The number of imidazole rings is 1. The lowest BCUT2D eigenvalue weighted by Gasteiger charge is -2.13. The van der Waals surface area contributed by atoms with Gasteiger partial charge in [0.1, 0.15) is 4.88 Å². The van der Waals surface area contributed by atoms with Crippen LogP contribution in [0.15, 0.2) is 36.5 Å². The molecule has 1 N–H and O–H groups in total. The summed E-state index contributed by atoms with van der Waals surface area (Å²) >= 11 is 1.46. The Morgan fingerprint density at radius 2 is 1.96 bits per heavy atom. The lowest BCUT2D eigenvalue weighted by molar-refractivity contribution is 0.0956. The third-order valence-electron chi connectivity index (χ3n) is 5.22. The zero-order chi connectivity index (χ0) is 18.6. The predicted molar refractivity (Wildman–Crippen MR) is 110 cm³/mol. The molecular weight excluding hydrogens is 356 g/mol. The van der Waals surface area contributed by atoms with Crippen molar-refractivity contribution in [3.05, 3.63) is 47.1 Å². The molecule has 1 aliphatic heterocycles. The quantitative estimate of drug-likeness (QED) is 0.629. The van der Waals surface area contributed by atoms with Gasteiger partial charge >= 0.3 is 0 Å². The number of aromatic nitrogens is 2. The van der Waals surface area contributed by atoms with E-state index in [1.54, 1.807) is 0 Å². The van der Waals surface area contributed by atoms with Gasteiger partial charge in [-0.1, -0.05) is 41.7 Å². The van der Waals surface area contributed by atoms with Crippen LogP contribution in [0.4, 0.5) is 0 Å². The van der Waals surface area contributed by atoms with Crippen molar-refractivity contribution in [2.45, 2.75) is 32.6 Å². The van der Waals surface area contributed by atoms with E-state index in [1.807, 2.05) is 35.7 Å². The van der Waals surface area contributed by atoms with Crippen LogP contribution in [0.5, 0.6) is 0 Å². The average molecular weight is 383 g/mol. The zero-order valence-corrected chi connectivity index (χ0v) is 16.6. The first-order chi connectivity index (χ1) is 13.2. The minimum atomic E-state index is 0.0189. The van der Waals surface area contributed by atoms with Crippen molar-refractivity contribution >= 4 is 22.2 Å². The summed E-state index contributed by atoms with van der Waals surface area (Å²) in [5.74, 6) is 0.0189. The van der Waals surface area contributed by atoms with Crippen molar-refractivity contribution in [2.24, 2.45) is 0 Å². The molecule has 1 aliphatic rings. The molecular formula is C21H26N4OS. The number of rotatable bonds is 7. The maximum absolute atomic E-state index is 12.6. The van der Waals surface area contributed by atoms with Gasteiger partial charge in [0.2, 0.25) is 0 Å². The highest BCUT2D eigenvalue weighted by atomic mass is 32.1. The second-order valence-corrected chi connectivity index (χ2v) is 8.15. The fourth-order valence-corrected chi connectivity index (χ4v) is 4.68. The monoisotopic (exact) mass is 382 g/mol. The Kier molecular flexibility index (Phi) is 5.55. The van der Waals surface area contributed by atoms with Gasteiger partial charge < -0.3 is 10.2 Å². The summed E-state index contributed by atoms with van der Waals surface area (Å²) in [5.41, 5.74) is 3.00. The minimum Gasteiger partial charge on any atom is -0.351 e. The van der Waals surface area contributed by atoms with Gasteiger partial charge in [-0.15, -0.1) is 0 Å². The Hall–Kier alpha value is -2.18. The Bertz CT molecular complexity index is 909. The van der Waals surface area contributed by atoms with E-state index < -0.39 is 0 Å². The lowest BCUT2D eigenvalue weighted by atomic mass is 10.2. The number of thiazole rings is 1. The number of carbonyl (C=O) groups excluding carboxylic acids is 1. The largest absolute Gasteiger partial charge is 0.351 e. The summed E-state index contributed by atoms with van der Waals surface area (Å²) < 4.78 is 2.02. The fourth-order valence-electron chi connectivity index (χ4n) is 3.66.